The Kier molecular flexibility index (Phi) is 5.05. The third kappa shape index (κ3) is 3.78. The molecule has 5 nitrogen and oxygen atoms in total. The maximum atomic E-state index is 12.1. The molecule has 0 aliphatic rings. The van der Waals surface area contributed by atoms with Crippen LogP contribution in [0.25, 0.3) is 11.0 Å². The highest BCUT2D eigenvalue weighted by molar-refractivity contribution is 7.98. The minimum absolute atomic E-state index is 0.0773. The molecular formula is C17H17N3O2S. The summed E-state index contributed by atoms with van der Waals surface area (Å²) in [6.45, 7) is 1.45. The van der Waals surface area contributed by atoms with Crippen LogP contribution in [-0.4, -0.2) is 27.4 Å². The van der Waals surface area contributed by atoms with E-state index in [1.807, 2.05) is 36.6 Å². The van der Waals surface area contributed by atoms with Crippen molar-refractivity contribution in [3.63, 3.8) is 0 Å². The maximum absolute atomic E-state index is 12.1. The topological polar surface area (TPSA) is 57.0 Å². The number of benzene rings is 1. The molecule has 0 amide bonds. The van der Waals surface area contributed by atoms with E-state index in [1.165, 1.54) is 11.8 Å². The number of hydrogen-bond donors (Lipinski definition) is 0. The molecule has 0 atom stereocenters. The van der Waals surface area contributed by atoms with E-state index >= 15 is 0 Å². The molecule has 3 rings (SSSR count). The van der Waals surface area contributed by atoms with Gasteiger partial charge in [-0.25, -0.2) is 9.97 Å². The van der Waals surface area contributed by atoms with Gasteiger partial charge >= 0.3 is 0 Å². The molecule has 0 fully saturated rings. The molecule has 0 bridgehead atoms. The Morgan fingerprint density at radius 3 is 2.78 bits per heavy atom. The second kappa shape index (κ2) is 7.39. The highest BCUT2D eigenvalue weighted by Crippen LogP contribution is 2.13. The predicted octanol–water partition coefficient (Wildman–Crippen LogP) is 2.73. The van der Waals surface area contributed by atoms with E-state index in [-0.39, 0.29) is 5.56 Å². The van der Waals surface area contributed by atoms with Gasteiger partial charge in [0, 0.05) is 17.6 Å². The second-order valence-corrected chi connectivity index (χ2v) is 5.77. The molecule has 3 aromatic rings. The van der Waals surface area contributed by atoms with Gasteiger partial charge in [-0.15, -0.1) is 0 Å². The molecule has 0 aliphatic heterocycles. The first-order valence-corrected chi connectivity index (χ1v) is 8.52. The van der Waals surface area contributed by atoms with Crippen molar-refractivity contribution in [2.75, 3.05) is 12.9 Å². The molecule has 0 spiro atoms. The Hall–Kier alpha value is -2.18. The molecule has 0 saturated heterocycles. The normalized spacial score (nSPS) is 11.0. The van der Waals surface area contributed by atoms with Crippen LogP contribution in [0.5, 0.6) is 0 Å². The summed E-state index contributed by atoms with van der Waals surface area (Å²) in [4.78, 5) is 20.8. The number of hydrogen-bond acceptors (Lipinski definition) is 5. The van der Waals surface area contributed by atoms with Crippen LogP contribution in [-0.2, 0) is 17.9 Å². The van der Waals surface area contributed by atoms with Crippen molar-refractivity contribution in [1.29, 1.82) is 0 Å². The molecule has 0 unspecified atom stereocenters. The lowest BCUT2D eigenvalue weighted by atomic mass is 10.2. The van der Waals surface area contributed by atoms with E-state index in [0.717, 1.165) is 10.9 Å². The van der Waals surface area contributed by atoms with Crippen molar-refractivity contribution in [3.8, 4) is 0 Å². The number of ether oxygens (including phenoxy) is 1. The quantitative estimate of drug-likeness (QED) is 0.396. The van der Waals surface area contributed by atoms with Crippen molar-refractivity contribution < 1.29 is 4.74 Å². The van der Waals surface area contributed by atoms with E-state index in [4.69, 9.17) is 4.74 Å². The summed E-state index contributed by atoms with van der Waals surface area (Å²) in [6, 6.07) is 13.3. The number of pyridine rings is 1. The van der Waals surface area contributed by atoms with Crippen LogP contribution in [0, 0.1) is 0 Å². The first-order valence-electron chi connectivity index (χ1n) is 7.30. The zero-order valence-electron chi connectivity index (χ0n) is 12.8. The van der Waals surface area contributed by atoms with Crippen molar-refractivity contribution in [2.45, 2.75) is 18.3 Å². The highest BCUT2D eigenvalue weighted by Gasteiger charge is 2.06. The van der Waals surface area contributed by atoms with Crippen LogP contribution in [0.3, 0.4) is 0 Å². The van der Waals surface area contributed by atoms with Crippen molar-refractivity contribution >= 4 is 22.8 Å². The first-order chi connectivity index (χ1) is 11.3. The average Bonchev–Trinajstić information content (AvgIpc) is 2.60. The summed E-state index contributed by atoms with van der Waals surface area (Å²) in [5.41, 5.74) is 1.69. The second-order valence-electron chi connectivity index (χ2n) is 5.00. The molecule has 0 radical (unpaired) electrons. The lowest BCUT2D eigenvalue weighted by molar-refractivity contribution is 0.113. The SMILES string of the molecule is CSc1ncc2ccc(=O)n(CCOCc3ccccc3)c2n1. The summed E-state index contributed by atoms with van der Waals surface area (Å²) in [5.74, 6) is 0. The van der Waals surface area contributed by atoms with Crippen LogP contribution in [0.15, 0.2) is 58.6 Å². The molecule has 0 aliphatic carbocycles. The van der Waals surface area contributed by atoms with Gasteiger partial charge in [-0.3, -0.25) is 9.36 Å². The van der Waals surface area contributed by atoms with Gasteiger partial charge in [0.1, 0.15) is 5.65 Å². The van der Waals surface area contributed by atoms with Crippen LogP contribution in [0.2, 0.25) is 0 Å². The zero-order chi connectivity index (χ0) is 16.1. The van der Waals surface area contributed by atoms with E-state index in [9.17, 15) is 4.79 Å². The number of thioether (sulfide) groups is 1. The number of rotatable bonds is 6. The molecular weight excluding hydrogens is 310 g/mol. The Morgan fingerprint density at radius 1 is 1.17 bits per heavy atom. The molecule has 2 heterocycles. The summed E-state index contributed by atoms with van der Waals surface area (Å²) in [7, 11) is 0. The molecule has 23 heavy (non-hydrogen) atoms. The van der Waals surface area contributed by atoms with Crippen molar-refractivity contribution in [3.05, 3.63) is 64.6 Å². The van der Waals surface area contributed by atoms with Gasteiger partial charge in [-0.05, 0) is 17.9 Å². The van der Waals surface area contributed by atoms with Crippen molar-refractivity contribution in [1.82, 2.24) is 14.5 Å². The van der Waals surface area contributed by atoms with E-state index < -0.39 is 0 Å². The maximum Gasteiger partial charge on any atom is 0.252 e. The number of aromatic nitrogens is 3. The predicted molar refractivity (Wildman–Crippen MR) is 91.7 cm³/mol. The molecule has 1 aromatic carbocycles. The lowest BCUT2D eigenvalue weighted by Crippen LogP contribution is -2.22. The summed E-state index contributed by atoms with van der Waals surface area (Å²) < 4.78 is 7.32. The Morgan fingerprint density at radius 2 is 2.00 bits per heavy atom. The molecule has 118 valence electrons. The average molecular weight is 327 g/mol. The Labute approximate surface area is 138 Å². The summed E-state index contributed by atoms with van der Waals surface area (Å²) in [6.07, 6.45) is 3.66. The largest absolute Gasteiger partial charge is 0.375 e. The number of fused-ring (bicyclic) bond motifs is 1. The summed E-state index contributed by atoms with van der Waals surface area (Å²) in [5, 5.41) is 1.51. The molecule has 0 saturated carbocycles. The summed E-state index contributed by atoms with van der Waals surface area (Å²) >= 11 is 1.45. The van der Waals surface area contributed by atoms with Gasteiger partial charge in [0.15, 0.2) is 5.16 Å². The fourth-order valence-electron chi connectivity index (χ4n) is 2.29. The molecule has 0 N–H and O–H groups in total. The standard InChI is InChI=1S/C17H17N3O2S/c1-23-17-18-11-14-7-8-15(21)20(16(14)19-17)9-10-22-12-13-5-3-2-4-6-13/h2-8,11H,9-10,12H2,1H3. The van der Waals surface area contributed by atoms with Crippen LogP contribution < -0.4 is 5.56 Å². The van der Waals surface area contributed by atoms with E-state index in [0.29, 0.717) is 30.6 Å². The van der Waals surface area contributed by atoms with E-state index in [2.05, 4.69) is 9.97 Å². The third-order valence-corrected chi connectivity index (χ3v) is 4.02. The van der Waals surface area contributed by atoms with Gasteiger partial charge in [0.25, 0.3) is 5.56 Å². The number of nitrogens with zero attached hydrogens (tertiary/aromatic N) is 3. The molecule has 2 aromatic heterocycles. The van der Waals surface area contributed by atoms with Gasteiger partial charge < -0.3 is 4.74 Å². The van der Waals surface area contributed by atoms with Crippen molar-refractivity contribution in [2.24, 2.45) is 0 Å². The van der Waals surface area contributed by atoms with Crippen LogP contribution >= 0.6 is 11.8 Å². The van der Waals surface area contributed by atoms with Gasteiger partial charge in [0.05, 0.1) is 19.8 Å². The van der Waals surface area contributed by atoms with Crippen LogP contribution in [0.4, 0.5) is 0 Å². The van der Waals surface area contributed by atoms with Gasteiger partial charge in [-0.2, -0.15) is 0 Å². The monoisotopic (exact) mass is 327 g/mol. The van der Waals surface area contributed by atoms with E-state index in [1.54, 1.807) is 22.9 Å². The molecule has 6 heteroatoms. The fraction of sp³-hybridized carbons (Fsp3) is 0.235. The third-order valence-electron chi connectivity index (χ3n) is 3.45. The Balaban J connectivity index is 1.74. The zero-order valence-corrected chi connectivity index (χ0v) is 13.6. The van der Waals surface area contributed by atoms with Gasteiger partial charge in [-0.1, -0.05) is 42.1 Å². The minimum Gasteiger partial charge on any atom is -0.375 e. The van der Waals surface area contributed by atoms with Crippen LogP contribution in [0.1, 0.15) is 5.56 Å². The fourth-order valence-corrected chi connectivity index (χ4v) is 2.63. The lowest BCUT2D eigenvalue weighted by Gasteiger charge is -2.10. The first kappa shape index (κ1) is 15.7. The highest BCUT2D eigenvalue weighted by atomic mass is 32.2. The van der Waals surface area contributed by atoms with Gasteiger partial charge in [0.2, 0.25) is 0 Å². The minimum atomic E-state index is -0.0773. The Bertz CT molecular complexity index is 849. The smallest absolute Gasteiger partial charge is 0.252 e.